The van der Waals surface area contributed by atoms with E-state index in [9.17, 15) is 14.4 Å². The van der Waals surface area contributed by atoms with Crippen LogP contribution in [0.15, 0.2) is 0 Å². The van der Waals surface area contributed by atoms with Crippen molar-refractivity contribution in [2.75, 3.05) is 26.2 Å². The summed E-state index contributed by atoms with van der Waals surface area (Å²) >= 11 is 0. The molecule has 0 spiro atoms. The highest BCUT2D eigenvalue weighted by Crippen LogP contribution is 2.26. The first-order valence-electron chi connectivity index (χ1n) is 6.46. The number of carboxylic acids is 2. The van der Waals surface area contributed by atoms with Crippen molar-refractivity contribution in [3.8, 4) is 0 Å². The van der Waals surface area contributed by atoms with Crippen LogP contribution < -0.4 is 5.32 Å². The van der Waals surface area contributed by atoms with Gasteiger partial charge in [0.15, 0.2) is 0 Å². The Bertz CT molecular complexity index is 392. The molecule has 0 aromatic heterocycles. The van der Waals surface area contributed by atoms with Crippen molar-refractivity contribution >= 4 is 17.8 Å². The van der Waals surface area contributed by atoms with Gasteiger partial charge in [-0.2, -0.15) is 0 Å². The molecule has 2 aliphatic rings. The first kappa shape index (κ1) is 13.8. The second kappa shape index (κ2) is 5.56. The van der Waals surface area contributed by atoms with E-state index in [2.05, 4.69) is 5.32 Å². The van der Waals surface area contributed by atoms with Crippen LogP contribution in [-0.2, 0) is 14.4 Å². The summed E-state index contributed by atoms with van der Waals surface area (Å²) in [6.45, 7) is 1.75. The van der Waals surface area contributed by atoms with Crippen LogP contribution in [-0.4, -0.2) is 59.1 Å². The summed E-state index contributed by atoms with van der Waals surface area (Å²) in [6, 6.07) is 0. The fourth-order valence-electron chi connectivity index (χ4n) is 2.82. The minimum atomic E-state index is -1.14. The van der Waals surface area contributed by atoms with Crippen molar-refractivity contribution in [3.05, 3.63) is 0 Å². The molecule has 7 nitrogen and oxygen atoms in total. The number of rotatable bonds is 3. The van der Waals surface area contributed by atoms with Crippen LogP contribution in [0.4, 0.5) is 0 Å². The zero-order valence-electron chi connectivity index (χ0n) is 10.5. The Morgan fingerprint density at radius 3 is 2.26 bits per heavy atom. The van der Waals surface area contributed by atoms with Crippen molar-refractivity contribution in [2.45, 2.75) is 12.8 Å². The summed E-state index contributed by atoms with van der Waals surface area (Å²) < 4.78 is 0. The summed E-state index contributed by atoms with van der Waals surface area (Å²) in [5, 5.41) is 21.2. The fraction of sp³-hybridized carbons (Fsp3) is 0.750. The van der Waals surface area contributed by atoms with E-state index >= 15 is 0 Å². The van der Waals surface area contributed by atoms with Gasteiger partial charge in [0.05, 0.1) is 17.8 Å². The van der Waals surface area contributed by atoms with E-state index in [0.29, 0.717) is 13.1 Å². The number of amides is 1. The van der Waals surface area contributed by atoms with E-state index in [1.165, 1.54) is 4.90 Å². The molecule has 0 aliphatic carbocycles. The van der Waals surface area contributed by atoms with Gasteiger partial charge in [-0.1, -0.05) is 0 Å². The highest BCUT2D eigenvalue weighted by molar-refractivity contribution is 5.83. The predicted octanol–water partition coefficient (Wildman–Crippen LogP) is -0.770. The summed E-state index contributed by atoms with van der Waals surface area (Å²) in [5.74, 6) is -4.31. The molecule has 106 valence electrons. The number of aliphatic carboxylic acids is 2. The molecule has 2 fully saturated rings. The number of nitrogens with one attached hydrogen (secondary N) is 1. The van der Waals surface area contributed by atoms with Crippen LogP contribution in [0, 0.1) is 17.8 Å². The van der Waals surface area contributed by atoms with Crippen molar-refractivity contribution in [2.24, 2.45) is 17.8 Å². The summed E-state index contributed by atoms with van der Waals surface area (Å²) in [7, 11) is 0. The normalized spacial score (nSPS) is 31.2. The van der Waals surface area contributed by atoms with Crippen LogP contribution in [0.25, 0.3) is 0 Å². The molecular weight excluding hydrogens is 252 g/mol. The van der Waals surface area contributed by atoms with E-state index < -0.39 is 23.8 Å². The average Bonchev–Trinajstić information content (AvgIpc) is 2.90. The molecule has 0 bridgehead atoms. The van der Waals surface area contributed by atoms with Gasteiger partial charge in [0, 0.05) is 19.6 Å². The Hall–Kier alpha value is -1.63. The van der Waals surface area contributed by atoms with Gasteiger partial charge in [-0.25, -0.2) is 0 Å². The third-order valence-electron chi connectivity index (χ3n) is 3.97. The molecule has 0 aromatic carbocycles. The Balaban J connectivity index is 2.03. The van der Waals surface area contributed by atoms with Gasteiger partial charge in [-0.05, 0) is 19.4 Å². The van der Waals surface area contributed by atoms with Gasteiger partial charge in [0.25, 0.3) is 0 Å². The van der Waals surface area contributed by atoms with Crippen LogP contribution in [0.3, 0.4) is 0 Å². The van der Waals surface area contributed by atoms with Crippen molar-refractivity contribution < 1.29 is 24.6 Å². The van der Waals surface area contributed by atoms with E-state index in [-0.39, 0.29) is 24.8 Å². The predicted molar refractivity (Wildman–Crippen MR) is 64.4 cm³/mol. The molecule has 3 N–H and O–H groups in total. The number of hydrogen-bond acceptors (Lipinski definition) is 4. The van der Waals surface area contributed by atoms with Gasteiger partial charge < -0.3 is 20.4 Å². The first-order chi connectivity index (χ1) is 9.00. The van der Waals surface area contributed by atoms with Gasteiger partial charge >= 0.3 is 11.9 Å². The Labute approximate surface area is 110 Å². The van der Waals surface area contributed by atoms with E-state index in [0.717, 1.165) is 13.0 Å². The molecule has 3 unspecified atom stereocenters. The average molecular weight is 270 g/mol. The molecule has 7 heteroatoms. The Morgan fingerprint density at radius 1 is 1.05 bits per heavy atom. The summed E-state index contributed by atoms with van der Waals surface area (Å²) in [4.78, 5) is 35.9. The molecule has 2 aliphatic heterocycles. The third-order valence-corrected chi connectivity index (χ3v) is 3.97. The van der Waals surface area contributed by atoms with Crippen molar-refractivity contribution in [3.63, 3.8) is 0 Å². The number of likely N-dealkylation sites (tertiary alicyclic amines) is 1. The molecule has 2 saturated heterocycles. The fourth-order valence-corrected chi connectivity index (χ4v) is 2.82. The SMILES string of the molecule is O=C(O)C1CCN(C(=O)C2CCNC2)CC1C(=O)O. The van der Waals surface area contributed by atoms with Gasteiger partial charge in [0.1, 0.15) is 0 Å². The molecule has 1 amide bonds. The standard InChI is InChI=1S/C12H18N2O5/c15-10(7-1-3-13-5-7)14-4-2-8(11(16)17)9(6-14)12(18)19/h7-9,13H,1-6H2,(H,16,17)(H,18,19). The minimum Gasteiger partial charge on any atom is -0.481 e. The molecule has 2 rings (SSSR count). The van der Waals surface area contributed by atoms with Crippen LogP contribution in [0.2, 0.25) is 0 Å². The number of nitrogens with zero attached hydrogens (tertiary/aromatic N) is 1. The lowest BCUT2D eigenvalue weighted by molar-refractivity contribution is -0.159. The van der Waals surface area contributed by atoms with E-state index in [1.807, 2.05) is 0 Å². The highest BCUT2D eigenvalue weighted by Gasteiger charge is 2.41. The quantitative estimate of drug-likeness (QED) is 0.621. The number of piperidine rings is 1. The zero-order valence-corrected chi connectivity index (χ0v) is 10.5. The Kier molecular flexibility index (Phi) is 4.04. The van der Waals surface area contributed by atoms with E-state index in [1.54, 1.807) is 0 Å². The molecule has 3 atom stereocenters. The number of carbonyl (C=O) groups is 3. The second-order valence-corrected chi connectivity index (χ2v) is 5.15. The number of carbonyl (C=O) groups excluding carboxylic acids is 1. The molecule has 0 aromatic rings. The smallest absolute Gasteiger partial charge is 0.309 e. The lowest BCUT2D eigenvalue weighted by Crippen LogP contribution is -2.50. The minimum absolute atomic E-state index is 0.00162. The maximum absolute atomic E-state index is 12.2. The van der Waals surface area contributed by atoms with Crippen molar-refractivity contribution in [1.82, 2.24) is 10.2 Å². The van der Waals surface area contributed by atoms with E-state index in [4.69, 9.17) is 10.2 Å². The molecular formula is C12H18N2O5. The number of hydrogen-bond donors (Lipinski definition) is 3. The largest absolute Gasteiger partial charge is 0.481 e. The monoisotopic (exact) mass is 270 g/mol. The topological polar surface area (TPSA) is 107 Å². The van der Waals surface area contributed by atoms with Crippen LogP contribution in [0.1, 0.15) is 12.8 Å². The zero-order chi connectivity index (χ0) is 14.0. The lowest BCUT2D eigenvalue weighted by Gasteiger charge is -2.35. The molecule has 2 heterocycles. The van der Waals surface area contributed by atoms with Crippen LogP contribution in [0.5, 0.6) is 0 Å². The second-order valence-electron chi connectivity index (χ2n) is 5.15. The summed E-state index contributed by atoms with van der Waals surface area (Å²) in [5.41, 5.74) is 0. The van der Waals surface area contributed by atoms with Gasteiger partial charge in [-0.3, -0.25) is 14.4 Å². The maximum atomic E-state index is 12.2. The number of carboxylic acid groups (broad SMARTS) is 2. The third kappa shape index (κ3) is 2.86. The maximum Gasteiger partial charge on any atom is 0.309 e. The lowest BCUT2D eigenvalue weighted by atomic mass is 9.85. The van der Waals surface area contributed by atoms with Crippen molar-refractivity contribution in [1.29, 1.82) is 0 Å². The molecule has 0 saturated carbocycles. The molecule has 19 heavy (non-hydrogen) atoms. The Morgan fingerprint density at radius 2 is 1.74 bits per heavy atom. The molecule has 0 radical (unpaired) electrons. The first-order valence-corrected chi connectivity index (χ1v) is 6.46. The highest BCUT2D eigenvalue weighted by atomic mass is 16.4. The van der Waals surface area contributed by atoms with Gasteiger partial charge in [-0.15, -0.1) is 0 Å². The summed E-state index contributed by atoms with van der Waals surface area (Å²) in [6.07, 6.45) is 0.966. The van der Waals surface area contributed by atoms with Crippen LogP contribution >= 0.6 is 0 Å². The van der Waals surface area contributed by atoms with Gasteiger partial charge in [0.2, 0.25) is 5.91 Å².